The molecule has 2 N–H and O–H groups in total. The lowest BCUT2D eigenvalue weighted by atomic mass is 9.79. The van der Waals surface area contributed by atoms with Gasteiger partial charge in [0.25, 0.3) is 0 Å². The Bertz CT molecular complexity index is 241. The highest BCUT2D eigenvalue weighted by Crippen LogP contribution is 2.30. The van der Waals surface area contributed by atoms with Crippen LogP contribution in [0.3, 0.4) is 0 Å². The predicted octanol–water partition coefficient (Wildman–Crippen LogP) is 3.34. The minimum Gasteiger partial charge on any atom is -0.393 e. The summed E-state index contributed by atoms with van der Waals surface area (Å²) in [6.07, 6.45) is 10.1. The molecule has 18 heavy (non-hydrogen) atoms. The third kappa shape index (κ3) is 4.24. The van der Waals surface area contributed by atoms with Gasteiger partial charge in [-0.3, -0.25) is 0 Å². The molecule has 2 aliphatic rings. The minimum absolute atomic E-state index is 0.0275. The Morgan fingerprint density at radius 3 is 2.56 bits per heavy atom. The summed E-state index contributed by atoms with van der Waals surface area (Å²) in [4.78, 5) is 0. The molecule has 4 unspecified atom stereocenters. The van der Waals surface area contributed by atoms with Gasteiger partial charge >= 0.3 is 0 Å². The predicted molar refractivity (Wildman–Crippen MR) is 76.6 cm³/mol. The summed E-state index contributed by atoms with van der Waals surface area (Å²) in [6.45, 7) is 5.86. The molecule has 4 atom stereocenters. The van der Waals surface area contributed by atoms with Crippen LogP contribution in [0.5, 0.6) is 0 Å². The van der Waals surface area contributed by atoms with E-state index in [1.54, 1.807) is 0 Å². The maximum atomic E-state index is 9.70. The Kier molecular flexibility index (Phi) is 5.50. The van der Waals surface area contributed by atoms with Crippen molar-refractivity contribution < 1.29 is 5.11 Å². The van der Waals surface area contributed by atoms with Crippen molar-refractivity contribution in [1.29, 1.82) is 0 Å². The summed E-state index contributed by atoms with van der Waals surface area (Å²) in [7, 11) is 0. The van der Waals surface area contributed by atoms with Crippen molar-refractivity contribution in [1.82, 2.24) is 5.32 Å². The summed E-state index contributed by atoms with van der Waals surface area (Å²) in [5.74, 6) is 2.48. The first-order chi connectivity index (χ1) is 8.65. The van der Waals surface area contributed by atoms with Crippen molar-refractivity contribution in [3.63, 3.8) is 0 Å². The molecule has 2 rings (SSSR count). The Morgan fingerprint density at radius 2 is 1.83 bits per heavy atom. The fourth-order valence-electron chi connectivity index (χ4n) is 3.80. The molecule has 0 aromatic rings. The SMILES string of the molecule is CC(C)C1CCCC(NCC2CCCC(O)C2)C1. The van der Waals surface area contributed by atoms with Crippen molar-refractivity contribution in [2.75, 3.05) is 6.54 Å². The summed E-state index contributed by atoms with van der Waals surface area (Å²) in [5.41, 5.74) is 0. The van der Waals surface area contributed by atoms with Gasteiger partial charge in [0.1, 0.15) is 0 Å². The summed E-state index contributed by atoms with van der Waals surface area (Å²) >= 11 is 0. The Hall–Kier alpha value is -0.0800. The Labute approximate surface area is 113 Å². The van der Waals surface area contributed by atoms with Gasteiger partial charge < -0.3 is 10.4 Å². The van der Waals surface area contributed by atoms with Gasteiger partial charge in [0.2, 0.25) is 0 Å². The Balaban J connectivity index is 1.69. The molecule has 2 heteroatoms. The molecule has 2 aliphatic carbocycles. The highest BCUT2D eigenvalue weighted by atomic mass is 16.3. The van der Waals surface area contributed by atoms with E-state index in [1.165, 1.54) is 38.5 Å². The third-order valence-corrected chi connectivity index (χ3v) is 5.11. The number of hydrogen-bond donors (Lipinski definition) is 2. The molecule has 0 aromatic carbocycles. The maximum absolute atomic E-state index is 9.70. The van der Waals surface area contributed by atoms with Crippen LogP contribution in [0, 0.1) is 17.8 Å². The zero-order valence-electron chi connectivity index (χ0n) is 12.2. The first-order valence-electron chi connectivity index (χ1n) is 8.06. The molecule has 0 aromatic heterocycles. The lowest BCUT2D eigenvalue weighted by Gasteiger charge is -2.34. The molecule has 106 valence electrons. The average Bonchev–Trinajstić information content (AvgIpc) is 2.37. The standard InChI is InChI=1S/C16H31NO/c1-12(2)14-6-4-7-15(10-14)17-11-13-5-3-8-16(18)9-13/h12-18H,3-11H2,1-2H3. The highest BCUT2D eigenvalue weighted by Gasteiger charge is 2.25. The van der Waals surface area contributed by atoms with Crippen LogP contribution < -0.4 is 5.32 Å². The van der Waals surface area contributed by atoms with Gasteiger partial charge in [-0.15, -0.1) is 0 Å². The first kappa shape index (κ1) is 14.3. The number of nitrogens with one attached hydrogen (secondary N) is 1. The lowest BCUT2D eigenvalue weighted by Crippen LogP contribution is -2.39. The van der Waals surface area contributed by atoms with E-state index in [0.717, 1.165) is 37.3 Å². The van der Waals surface area contributed by atoms with Crippen LogP contribution in [0.1, 0.15) is 65.2 Å². The zero-order valence-corrected chi connectivity index (χ0v) is 12.2. The second-order valence-corrected chi connectivity index (χ2v) is 6.96. The van der Waals surface area contributed by atoms with E-state index in [-0.39, 0.29) is 6.10 Å². The van der Waals surface area contributed by atoms with Crippen molar-refractivity contribution in [2.24, 2.45) is 17.8 Å². The fourth-order valence-corrected chi connectivity index (χ4v) is 3.80. The number of aliphatic hydroxyl groups is 1. The lowest BCUT2D eigenvalue weighted by molar-refractivity contribution is 0.0979. The zero-order chi connectivity index (χ0) is 13.0. The highest BCUT2D eigenvalue weighted by molar-refractivity contribution is 4.81. The number of aliphatic hydroxyl groups excluding tert-OH is 1. The molecule has 0 radical (unpaired) electrons. The molecule has 0 heterocycles. The molecule has 0 amide bonds. The molecule has 0 saturated heterocycles. The summed E-state index contributed by atoms with van der Waals surface area (Å²) in [6, 6.07) is 0.741. The monoisotopic (exact) mass is 253 g/mol. The van der Waals surface area contributed by atoms with E-state index >= 15 is 0 Å². The van der Waals surface area contributed by atoms with Gasteiger partial charge in [-0.05, 0) is 56.4 Å². The summed E-state index contributed by atoms with van der Waals surface area (Å²) in [5, 5.41) is 13.5. The van der Waals surface area contributed by atoms with Crippen LogP contribution in [0.25, 0.3) is 0 Å². The van der Waals surface area contributed by atoms with Gasteiger partial charge in [0, 0.05) is 6.04 Å². The van der Waals surface area contributed by atoms with E-state index in [4.69, 9.17) is 0 Å². The molecule has 2 fully saturated rings. The van der Waals surface area contributed by atoms with E-state index < -0.39 is 0 Å². The van der Waals surface area contributed by atoms with Crippen molar-refractivity contribution in [3.8, 4) is 0 Å². The van der Waals surface area contributed by atoms with E-state index in [2.05, 4.69) is 19.2 Å². The van der Waals surface area contributed by atoms with Crippen molar-refractivity contribution >= 4 is 0 Å². The molecule has 2 nitrogen and oxygen atoms in total. The second-order valence-electron chi connectivity index (χ2n) is 6.96. The largest absolute Gasteiger partial charge is 0.393 e. The van der Waals surface area contributed by atoms with Crippen molar-refractivity contribution in [2.45, 2.75) is 77.4 Å². The maximum Gasteiger partial charge on any atom is 0.0543 e. The van der Waals surface area contributed by atoms with Crippen molar-refractivity contribution in [3.05, 3.63) is 0 Å². The second kappa shape index (κ2) is 6.91. The molecule has 0 spiro atoms. The first-order valence-corrected chi connectivity index (χ1v) is 8.06. The van der Waals surface area contributed by atoms with Crippen LogP contribution >= 0.6 is 0 Å². The topological polar surface area (TPSA) is 32.3 Å². The van der Waals surface area contributed by atoms with Crippen LogP contribution in [-0.2, 0) is 0 Å². The van der Waals surface area contributed by atoms with E-state index in [9.17, 15) is 5.11 Å². The molecular formula is C16H31NO. The molecule has 0 bridgehead atoms. The Morgan fingerprint density at radius 1 is 1.06 bits per heavy atom. The summed E-state index contributed by atoms with van der Waals surface area (Å²) < 4.78 is 0. The van der Waals surface area contributed by atoms with Crippen LogP contribution in [0.2, 0.25) is 0 Å². The van der Waals surface area contributed by atoms with Crippen LogP contribution in [0.15, 0.2) is 0 Å². The minimum atomic E-state index is -0.0275. The van der Waals surface area contributed by atoms with Crippen LogP contribution in [-0.4, -0.2) is 23.8 Å². The molecule has 0 aliphatic heterocycles. The fraction of sp³-hybridized carbons (Fsp3) is 1.00. The van der Waals surface area contributed by atoms with Gasteiger partial charge in [0.15, 0.2) is 0 Å². The van der Waals surface area contributed by atoms with Crippen LogP contribution in [0.4, 0.5) is 0 Å². The smallest absolute Gasteiger partial charge is 0.0543 e. The normalized spacial score (nSPS) is 38.0. The van der Waals surface area contributed by atoms with Gasteiger partial charge in [-0.1, -0.05) is 33.1 Å². The molecule has 2 saturated carbocycles. The quantitative estimate of drug-likeness (QED) is 0.805. The van der Waals surface area contributed by atoms with Gasteiger partial charge in [-0.25, -0.2) is 0 Å². The van der Waals surface area contributed by atoms with Gasteiger partial charge in [0.05, 0.1) is 6.10 Å². The van der Waals surface area contributed by atoms with E-state index in [0.29, 0.717) is 5.92 Å². The van der Waals surface area contributed by atoms with E-state index in [1.807, 2.05) is 0 Å². The van der Waals surface area contributed by atoms with Gasteiger partial charge in [-0.2, -0.15) is 0 Å². The average molecular weight is 253 g/mol. The number of hydrogen-bond acceptors (Lipinski definition) is 2. The third-order valence-electron chi connectivity index (χ3n) is 5.11. The molecular weight excluding hydrogens is 222 g/mol. The number of rotatable bonds is 4.